The van der Waals surface area contributed by atoms with Gasteiger partial charge in [0, 0.05) is 13.5 Å². The normalized spacial score (nSPS) is 7.56. The van der Waals surface area contributed by atoms with Crippen LogP contribution in [0.2, 0.25) is 0 Å². The molecule has 9 heteroatoms. The van der Waals surface area contributed by atoms with Gasteiger partial charge >= 0.3 is 117 Å². The van der Waals surface area contributed by atoms with Crippen LogP contribution in [0.3, 0.4) is 0 Å². The number of ether oxygens (including phenoxy) is 2. The van der Waals surface area contributed by atoms with Gasteiger partial charge in [0.2, 0.25) is 0 Å². The third-order valence-electron chi connectivity index (χ3n) is 1.99. The topological polar surface area (TPSA) is 86.7 Å². The van der Waals surface area contributed by atoms with Crippen molar-refractivity contribution in [3.05, 3.63) is 0 Å². The van der Waals surface area contributed by atoms with Gasteiger partial charge in [-0.05, 0) is 61.8 Å². The first-order valence-electron chi connectivity index (χ1n) is 13.4. The van der Waals surface area contributed by atoms with Gasteiger partial charge in [-0.3, -0.25) is 4.79 Å². The summed E-state index contributed by atoms with van der Waals surface area (Å²) in [6, 6.07) is 0. The molecule has 0 amide bonds. The molecule has 0 heterocycles. The fourth-order valence-corrected chi connectivity index (χ4v) is 1.02. The van der Waals surface area contributed by atoms with Crippen molar-refractivity contribution in [3.8, 4) is 0 Å². The molecule has 0 aliphatic heterocycles. The van der Waals surface area contributed by atoms with E-state index in [1.54, 1.807) is 58.1 Å². The van der Waals surface area contributed by atoms with Gasteiger partial charge in [-0.25, -0.2) is 0 Å². The number of methoxy groups -OCH3 is 1. The predicted octanol–water partition coefficient (Wildman–Crippen LogP) is 8.22. The number of Topliss-reactive ketones (excluding diaryl/α,β-unsaturated/α-hetero) is 3. The number of rotatable bonds is 7. The van der Waals surface area contributed by atoms with Crippen molar-refractivity contribution in [2.75, 3.05) is 13.7 Å². The third kappa shape index (κ3) is 570. The van der Waals surface area contributed by atoms with Crippen molar-refractivity contribution in [3.63, 3.8) is 0 Å². The van der Waals surface area contributed by atoms with Gasteiger partial charge in [0.05, 0.1) is 13.2 Å². The Labute approximate surface area is 289 Å². The molecular weight excluding hydrogens is 1030 g/mol. The summed E-state index contributed by atoms with van der Waals surface area (Å²) >= 11 is 4.78. The molecule has 0 atom stereocenters. The summed E-state index contributed by atoms with van der Waals surface area (Å²) < 4.78 is 14.0. The Morgan fingerprint density at radius 1 is 0.561 bits per heavy atom. The first-order chi connectivity index (χ1) is 17.9. The fourth-order valence-electron chi connectivity index (χ4n) is 1.02. The summed E-state index contributed by atoms with van der Waals surface area (Å²) in [7, 11) is 1.35. The zero-order chi connectivity index (χ0) is 34.3. The van der Waals surface area contributed by atoms with E-state index in [1.165, 1.54) is 99.4 Å². The molecule has 0 aliphatic rings. The Morgan fingerprint density at radius 2 is 0.756 bits per heavy atom. The van der Waals surface area contributed by atoms with E-state index >= 15 is 0 Å². The van der Waals surface area contributed by atoms with Crippen molar-refractivity contribution in [1.82, 2.24) is 0 Å². The summed E-state index contributed by atoms with van der Waals surface area (Å²) in [4.78, 5) is 37.9. The molecule has 0 radical (unpaired) electrons. The van der Waals surface area contributed by atoms with Crippen LogP contribution in [0.15, 0.2) is 0 Å². The number of carbonyl (C=O) groups excluding carboxylic acids is 4. The fraction of sp³-hybridized carbons (Fsp3) is 0.781. The van der Waals surface area contributed by atoms with Gasteiger partial charge < -0.3 is 23.9 Å². The molecule has 0 aromatic carbocycles. The molecule has 0 spiro atoms. The zero-order valence-electron chi connectivity index (χ0n) is 29.0. The minimum atomic E-state index is -0.245. The van der Waals surface area contributed by atoms with Crippen LogP contribution >= 0.6 is 0 Å². The monoisotopic (exact) mass is 1100 g/mol. The molecule has 41 heavy (non-hydrogen) atoms. The van der Waals surface area contributed by atoms with Gasteiger partial charge in [0.1, 0.15) is 17.3 Å². The van der Waals surface area contributed by atoms with E-state index in [-0.39, 0.29) is 30.7 Å². The zero-order valence-corrected chi connectivity index (χ0v) is 37.8. The molecule has 0 aliphatic carbocycles. The summed E-state index contributed by atoms with van der Waals surface area (Å²) in [6.45, 7) is 30.6. The standard InChI is InChI=1S/C10H22O.C3H6O2.3C3H6O.3C3H6.CH4.3W/c1-4-5-6-7-8-9-11-10(2)3;1-3(4)5-2;3*1-3(2)4;3*1-3-2;;;;/h10H,4-9H2,1-3H3;1-2H3;3*1-2H3;3*1-2H3;1H4;;;. The van der Waals surface area contributed by atoms with Gasteiger partial charge in [0.25, 0.3) is 0 Å². The van der Waals surface area contributed by atoms with Crippen molar-refractivity contribution < 1.29 is 86.7 Å². The van der Waals surface area contributed by atoms with Crippen LogP contribution in [-0.4, -0.2) is 54.8 Å². The van der Waals surface area contributed by atoms with Crippen LogP contribution in [0.1, 0.15) is 150 Å². The second-order valence-electron chi connectivity index (χ2n) is 9.48. The van der Waals surface area contributed by atoms with Gasteiger partial charge in [-0.2, -0.15) is 0 Å². The van der Waals surface area contributed by atoms with Crippen LogP contribution in [0, 0.1) is 0 Å². The van der Waals surface area contributed by atoms with Crippen LogP contribution in [0.25, 0.3) is 0 Å². The van der Waals surface area contributed by atoms with Crippen molar-refractivity contribution in [1.29, 1.82) is 0 Å². The maximum absolute atomic E-state index is 9.59. The van der Waals surface area contributed by atoms with E-state index in [9.17, 15) is 19.2 Å². The molecule has 250 valence electrons. The number of ketones is 3. The van der Waals surface area contributed by atoms with E-state index in [2.05, 4.69) is 67.1 Å². The number of carbonyl (C=O) groups is 4. The first-order valence-corrected chi connectivity index (χ1v) is 17.8. The molecular formula is C32H68O6W3. The van der Waals surface area contributed by atoms with Gasteiger partial charge in [-0.15, -0.1) is 0 Å². The maximum atomic E-state index is 9.59. The molecule has 0 rings (SSSR count). The van der Waals surface area contributed by atoms with E-state index in [1.807, 2.05) is 0 Å². The number of hydrogen-bond acceptors (Lipinski definition) is 6. The van der Waals surface area contributed by atoms with Crippen molar-refractivity contribution in [2.45, 2.75) is 156 Å². The molecule has 6 nitrogen and oxygen atoms in total. The van der Waals surface area contributed by atoms with E-state index in [0.717, 1.165) is 6.61 Å². The number of unbranched alkanes of at least 4 members (excludes halogenated alkanes) is 4. The first kappa shape index (κ1) is 64.2. The predicted molar refractivity (Wildman–Crippen MR) is 172 cm³/mol. The Balaban J connectivity index is -0.0000000426. The quantitative estimate of drug-likeness (QED) is 0.189. The van der Waals surface area contributed by atoms with Gasteiger partial charge in [0.15, 0.2) is 0 Å². The van der Waals surface area contributed by atoms with Crippen molar-refractivity contribution in [2.24, 2.45) is 0 Å². The second kappa shape index (κ2) is 59.5. The molecule has 0 saturated carbocycles. The summed E-state index contributed by atoms with van der Waals surface area (Å²) in [5.41, 5.74) is 0. The molecule has 0 aromatic rings. The summed E-state index contributed by atoms with van der Waals surface area (Å²) in [5.74, 6) is 0.255. The molecule has 0 aromatic heterocycles. The molecule has 0 fully saturated rings. The van der Waals surface area contributed by atoms with Crippen LogP contribution in [0.4, 0.5) is 0 Å². The molecule has 0 bridgehead atoms. The minimum absolute atomic E-state index is 0. The number of hydrogen-bond donors (Lipinski definition) is 0. The van der Waals surface area contributed by atoms with E-state index in [4.69, 9.17) is 4.74 Å². The summed E-state index contributed by atoms with van der Waals surface area (Å²) in [6.07, 6.45) is 7.05. The molecule has 0 N–H and O–H groups in total. The average molecular weight is 1100 g/mol. The average Bonchev–Trinajstić information content (AvgIpc) is 2.68. The SMILES string of the molecule is C.CC(C)=O.CC(C)=O.CC(C)=O.CCCCCCCOC(C)C.COC(C)=O.C[C](C)=[W].C[C](C)=[W].C[C](C)=[W]. The van der Waals surface area contributed by atoms with E-state index in [0.29, 0.717) is 6.10 Å². The third-order valence-corrected chi connectivity index (χ3v) is 1.99. The number of esters is 1. The Kier molecular flexibility index (Phi) is 93.1. The summed E-state index contributed by atoms with van der Waals surface area (Å²) in [5, 5.41) is 0. The van der Waals surface area contributed by atoms with Crippen LogP contribution in [0.5, 0.6) is 0 Å². The Morgan fingerprint density at radius 3 is 0.902 bits per heavy atom. The second-order valence-corrected chi connectivity index (χ2v) is 18.3. The van der Waals surface area contributed by atoms with Gasteiger partial charge in [-0.1, -0.05) is 40.0 Å². The van der Waals surface area contributed by atoms with E-state index < -0.39 is 0 Å². The molecule has 0 saturated heterocycles. The molecule has 0 unspecified atom stereocenters. The van der Waals surface area contributed by atoms with Crippen molar-refractivity contribution >= 4 is 35.0 Å². The Bertz CT molecular complexity index is 499. The Hall–Kier alpha value is 0.115. The van der Waals surface area contributed by atoms with Crippen LogP contribution in [-0.2, 0) is 86.7 Å². The van der Waals surface area contributed by atoms with Crippen LogP contribution < -0.4 is 0 Å².